The van der Waals surface area contributed by atoms with Crippen molar-refractivity contribution in [1.29, 1.82) is 0 Å². The predicted octanol–water partition coefficient (Wildman–Crippen LogP) is 5.54. The third kappa shape index (κ3) is 4.89. The van der Waals surface area contributed by atoms with E-state index in [2.05, 4.69) is 17.0 Å². The predicted molar refractivity (Wildman–Crippen MR) is 134 cm³/mol. The van der Waals surface area contributed by atoms with Gasteiger partial charge in [-0.2, -0.15) is 5.10 Å². The summed E-state index contributed by atoms with van der Waals surface area (Å²) in [6.45, 7) is 7.99. The zero-order valence-electron chi connectivity index (χ0n) is 19.9. The Morgan fingerprint density at radius 1 is 1.12 bits per heavy atom. The van der Waals surface area contributed by atoms with Gasteiger partial charge in [0.05, 0.1) is 41.5 Å². The standard InChI is InChI=1S/C26H28ClN5O2/c1-5-11-34-20-8-10-24(28-15-20)25-13-22(21-12-19(27)7-9-23(21)30-25)26(33)31(4)16-18-14-29-32(6-2)17(18)3/h7-10,12-15H,5-6,11,16H2,1-4H3. The molecule has 3 aromatic heterocycles. The van der Waals surface area contributed by atoms with Crippen molar-refractivity contribution in [3.63, 3.8) is 0 Å². The molecular weight excluding hydrogens is 450 g/mol. The number of carbonyl (C=O) groups is 1. The minimum atomic E-state index is -0.123. The molecule has 0 bridgehead atoms. The van der Waals surface area contributed by atoms with Crippen molar-refractivity contribution in [1.82, 2.24) is 24.6 Å². The average molecular weight is 478 g/mol. The molecule has 7 nitrogen and oxygen atoms in total. The van der Waals surface area contributed by atoms with Crippen LogP contribution in [-0.4, -0.2) is 44.2 Å². The third-order valence-electron chi connectivity index (χ3n) is 5.73. The van der Waals surface area contributed by atoms with Gasteiger partial charge >= 0.3 is 0 Å². The number of halogens is 1. The number of aromatic nitrogens is 4. The van der Waals surface area contributed by atoms with Crippen LogP contribution in [0.15, 0.2) is 48.8 Å². The van der Waals surface area contributed by atoms with E-state index >= 15 is 0 Å². The fourth-order valence-electron chi connectivity index (χ4n) is 3.84. The van der Waals surface area contributed by atoms with Crippen LogP contribution >= 0.6 is 11.6 Å². The molecule has 0 atom stereocenters. The van der Waals surface area contributed by atoms with Gasteiger partial charge < -0.3 is 9.64 Å². The number of benzene rings is 1. The highest BCUT2D eigenvalue weighted by molar-refractivity contribution is 6.31. The Labute approximate surface area is 204 Å². The molecule has 0 unspecified atom stereocenters. The minimum absolute atomic E-state index is 0.123. The lowest BCUT2D eigenvalue weighted by atomic mass is 10.0. The van der Waals surface area contributed by atoms with Crippen LogP contribution in [0.3, 0.4) is 0 Å². The second-order valence-corrected chi connectivity index (χ2v) is 8.61. The first-order chi connectivity index (χ1) is 16.4. The number of hydrogen-bond donors (Lipinski definition) is 0. The van der Waals surface area contributed by atoms with Gasteiger partial charge in [-0.1, -0.05) is 18.5 Å². The van der Waals surface area contributed by atoms with Gasteiger partial charge in [-0.3, -0.25) is 14.5 Å². The van der Waals surface area contributed by atoms with E-state index in [4.69, 9.17) is 21.3 Å². The molecule has 0 spiro atoms. The van der Waals surface area contributed by atoms with Crippen molar-refractivity contribution in [2.45, 2.75) is 40.3 Å². The second kappa shape index (κ2) is 10.2. The zero-order chi connectivity index (χ0) is 24.2. The largest absolute Gasteiger partial charge is 0.492 e. The number of carbonyl (C=O) groups excluding carboxylic acids is 1. The van der Waals surface area contributed by atoms with E-state index in [1.807, 2.05) is 42.9 Å². The number of hydrogen-bond acceptors (Lipinski definition) is 5. The number of aryl methyl sites for hydroxylation is 1. The summed E-state index contributed by atoms with van der Waals surface area (Å²) in [4.78, 5) is 24.6. The first-order valence-electron chi connectivity index (χ1n) is 11.4. The Hall–Kier alpha value is -3.45. The Bertz CT molecular complexity index is 1320. The van der Waals surface area contributed by atoms with E-state index in [1.54, 1.807) is 36.3 Å². The van der Waals surface area contributed by atoms with E-state index in [1.165, 1.54) is 0 Å². The van der Waals surface area contributed by atoms with Crippen LogP contribution < -0.4 is 4.74 Å². The number of nitrogens with zero attached hydrogens (tertiary/aromatic N) is 5. The van der Waals surface area contributed by atoms with E-state index in [-0.39, 0.29) is 5.91 Å². The van der Waals surface area contributed by atoms with Crippen molar-refractivity contribution in [3.8, 4) is 17.1 Å². The molecule has 4 aromatic rings. The fourth-order valence-corrected chi connectivity index (χ4v) is 4.01. The van der Waals surface area contributed by atoms with Crippen molar-refractivity contribution >= 4 is 28.4 Å². The molecule has 4 rings (SSSR count). The molecule has 176 valence electrons. The quantitative estimate of drug-likeness (QED) is 0.333. The lowest BCUT2D eigenvalue weighted by Gasteiger charge is -2.19. The van der Waals surface area contributed by atoms with Gasteiger partial charge in [-0.15, -0.1) is 0 Å². The second-order valence-electron chi connectivity index (χ2n) is 8.18. The highest BCUT2D eigenvalue weighted by Gasteiger charge is 2.20. The highest BCUT2D eigenvalue weighted by atomic mass is 35.5. The van der Waals surface area contributed by atoms with Crippen LogP contribution in [0.2, 0.25) is 5.02 Å². The van der Waals surface area contributed by atoms with Crippen molar-refractivity contribution < 1.29 is 9.53 Å². The summed E-state index contributed by atoms with van der Waals surface area (Å²) in [5, 5.41) is 5.65. The van der Waals surface area contributed by atoms with Crippen molar-refractivity contribution in [2.75, 3.05) is 13.7 Å². The first-order valence-corrected chi connectivity index (χ1v) is 11.7. The number of pyridine rings is 2. The van der Waals surface area contributed by atoms with E-state index < -0.39 is 0 Å². The molecule has 1 amide bonds. The molecule has 0 aliphatic rings. The van der Waals surface area contributed by atoms with Gasteiger partial charge in [0.15, 0.2) is 0 Å². The summed E-state index contributed by atoms with van der Waals surface area (Å²) in [6, 6.07) is 10.9. The van der Waals surface area contributed by atoms with Gasteiger partial charge in [0.1, 0.15) is 5.75 Å². The van der Waals surface area contributed by atoms with Gasteiger partial charge in [0.2, 0.25) is 0 Å². The summed E-state index contributed by atoms with van der Waals surface area (Å²) in [5.74, 6) is 0.583. The number of fused-ring (bicyclic) bond motifs is 1. The van der Waals surface area contributed by atoms with Crippen LogP contribution in [0.4, 0.5) is 0 Å². The van der Waals surface area contributed by atoms with Crippen LogP contribution in [0.25, 0.3) is 22.3 Å². The van der Waals surface area contributed by atoms with Gasteiger partial charge in [0, 0.05) is 41.8 Å². The van der Waals surface area contributed by atoms with Crippen molar-refractivity contribution in [2.24, 2.45) is 0 Å². The van der Waals surface area contributed by atoms with E-state index in [9.17, 15) is 4.79 Å². The Balaban J connectivity index is 1.70. The van der Waals surface area contributed by atoms with Gasteiger partial charge in [-0.25, -0.2) is 4.98 Å². The SMILES string of the molecule is CCCOc1ccc(-c2cc(C(=O)N(C)Cc3cnn(CC)c3C)c3cc(Cl)ccc3n2)nc1. The van der Waals surface area contributed by atoms with Gasteiger partial charge in [0.25, 0.3) is 5.91 Å². The van der Waals surface area contributed by atoms with Gasteiger partial charge in [-0.05, 0) is 56.7 Å². The molecule has 0 aliphatic heterocycles. The fraction of sp³-hybridized carbons (Fsp3) is 0.308. The number of amides is 1. The van der Waals surface area contributed by atoms with Crippen LogP contribution in [0, 0.1) is 6.92 Å². The summed E-state index contributed by atoms with van der Waals surface area (Å²) >= 11 is 6.27. The molecule has 0 aliphatic carbocycles. The molecule has 0 saturated heterocycles. The monoisotopic (exact) mass is 477 g/mol. The molecule has 3 heterocycles. The normalized spacial score (nSPS) is 11.1. The molecular formula is C26H28ClN5O2. The maximum absolute atomic E-state index is 13.6. The molecule has 0 saturated carbocycles. The smallest absolute Gasteiger partial charge is 0.254 e. The summed E-state index contributed by atoms with van der Waals surface area (Å²) < 4.78 is 7.56. The first kappa shape index (κ1) is 23.7. The Morgan fingerprint density at radius 2 is 1.94 bits per heavy atom. The van der Waals surface area contributed by atoms with Crippen LogP contribution in [0.1, 0.15) is 41.9 Å². The third-order valence-corrected chi connectivity index (χ3v) is 5.97. The molecule has 1 aromatic carbocycles. The summed E-state index contributed by atoms with van der Waals surface area (Å²) in [6.07, 6.45) is 4.43. The molecule has 34 heavy (non-hydrogen) atoms. The lowest BCUT2D eigenvalue weighted by Crippen LogP contribution is -2.26. The topological polar surface area (TPSA) is 73.1 Å². The summed E-state index contributed by atoms with van der Waals surface area (Å²) in [5.41, 5.74) is 4.56. The van der Waals surface area contributed by atoms with E-state index in [0.717, 1.165) is 24.2 Å². The molecule has 0 N–H and O–H groups in total. The average Bonchev–Trinajstić information content (AvgIpc) is 3.20. The molecule has 0 radical (unpaired) electrons. The maximum Gasteiger partial charge on any atom is 0.254 e. The van der Waals surface area contributed by atoms with Crippen LogP contribution in [0.5, 0.6) is 5.75 Å². The molecule has 8 heteroatoms. The number of rotatable bonds is 8. The Kier molecular flexibility index (Phi) is 7.12. The lowest BCUT2D eigenvalue weighted by molar-refractivity contribution is 0.0787. The Morgan fingerprint density at radius 3 is 2.62 bits per heavy atom. The van der Waals surface area contributed by atoms with Crippen molar-refractivity contribution in [3.05, 3.63) is 70.6 Å². The number of ether oxygens (including phenoxy) is 1. The molecule has 0 fully saturated rings. The highest BCUT2D eigenvalue weighted by Crippen LogP contribution is 2.28. The maximum atomic E-state index is 13.6. The minimum Gasteiger partial charge on any atom is -0.492 e. The summed E-state index contributed by atoms with van der Waals surface area (Å²) in [7, 11) is 1.79. The van der Waals surface area contributed by atoms with Crippen LogP contribution in [-0.2, 0) is 13.1 Å². The van der Waals surface area contributed by atoms with E-state index in [0.29, 0.717) is 51.8 Å². The zero-order valence-corrected chi connectivity index (χ0v) is 20.6.